The van der Waals surface area contributed by atoms with Crippen molar-refractivity contribution >= 4 is 23.5 Å². The number of halogens is 1. The highest BCUT2D eigenvalue weighted by molar-refractivity contribution is 6.30. The lowest BCUT2D eigenvalue weighted by molar-refractivity contribution is -0.133. The highest BCUT2D eigenvalue weighted by Gasteiger charge is 2.15. The fraction of sp³-hybridized carbons (Fsp3) is 0. The summed E-state index contributed by atoms with van der Waals surface area (Å²) in [7, 11) is 0. The summed E-state index contributed by atoms with van der Waals surface area (Å²) in [5.41, 5.74) is 0.994. The Morgan fingerprint density at radius 3 is 2.62 bits per heavy atom. The standard InChI is InChI=1S/C14H9ClN2O4/c15-10-3-1-2-8(4-10)9-5-11(18)13(16-6-9)14(21)17-7-12(19)20/h1-6,18H,(H,17,21)(H,19,20)/i7+1,12+1,17+1. The molecule has 0 spiro atoms. The molecular formula is C14H9ClN2O4. The minimum absolute atomic E-state index is 0.297. The van der Waals surface area contributed by atoms with Crippen LogP contribution in [0.2, 0.25) is 5.02 Å². The molecule has 0 aliphatic rings. The number of carboxylic acid groups (broad SMARTS) is 1. The Balaban J connectivity index is 2.25. The number of aliphatic carboxylic acids is 1. The molecule has 0 saturated heterocycles. The van der Waals surface area contributed by atoms with E-state index in [4.69, 9.17) is 16.7 Å². The quantitative estimate of drug-likeness (QED) is 0.455. The van der Waals surface area contributed by atoms with E-state index in [9.17, 15) is 14.7 Å². The Labute approximate surface area is 125 Å². The molecule has 21 heavy (non-hydrogen) atoms. The van der Waals surface area contributed by atoms with Crippen molar-refractivity contribution in [2.24, 2.45) is 0 Å². The van der Waals surface area contributed by atoms with Gasteiger partial charge in [0, 0.05) is 16.8 Å². The van der Waals surface area contributed by atoms with Gasteiger partial charge in [0.15, 0.2) is 5.69 Å². The maximum absolute atomic E-state index is 11.6. The fourth-order valence-corrected chi connectivity index (χ4v) is 1.81. The minimum Gasteiger partial charge on any atom is -0.505 e. The molecule has 0 fully saturated rings. The van der Waals surface area contributed by atoms with E-state index in [1.807, 2.05) is 5.32 Å². The van der Waals surface area contributed by atoms with Crippen molar-refractivity contribution in [2.75, 3.05) is 0 Å². The number of aromatic hydroxyl groups is 1. The first-order valence-electron chi connectivity index (χ1n) is 5.71. The SMILES string of the molecule is O=C([15NH][13C][13C](=O)O)c1ncc(-c2cccc(Cl)c2)cc1O. The summed E-state index contributed by atoms with van der Waals surface area (Å²) in [5.74, 6) is -2.68. The van der Waals surface area contributed by atoms with Gasteiger partial charge in [-0.2, -0.15) is 0 Å². The van der Waals surface area contributed by atoms with Crippen molar-refractivity contribution in [3.8, 4) is 16.9 Å². The minimum atomic E-state index is -1.43. The van der Waals surface area contributed by atoms with Crippen molar-refractivity contribution in [2.45, 2.75) is 0 Å². The van der Waals surface area contributed by atoms with E-state index in [1.165, 1.54) is 12.3 Å². The van der Waals surface area contributed by atoms with Gasteiger partial charge in [0.05, 0.1) is 0 Å². The Morgan fingerprint density at radius 1 is 1.24 bits per heavy atom. The monoisotopic (exact) mass is 307 g/mol. The first-order valence-corrected chi connectivity index (χ1v) is 6.09. The molecule has 0 unspecified atom stereocenters. The molecule has 0 bridgehead atoms. The molecule has 2 radical (unpaired) electrons. The first-order chi connectivity index (χ1) is 9.97. The molecule has 1 aromatic heterocycles. The predicted octanol–water partition coefficient (Wildman–Crippen LogP) is 1.96. The molecule has 2 rings (SSSR count). The number of hydrogen-bond acceptors (Lipinski definition) is 4. The molecule has 0 aliphatic carbocycles. The summed E-state index contributed by atoms with van der Waals surface area (Å²) in [6.07, 6.45) is 1.38. The summed E-state index contributed by atoms with van der Waals surface area (Å²) in [6, 6.07) is 8.25. The number of rotatable bonds is 4. The molecule has 0 atom stereocenters. The molecule has 1 heterocycles. The molecule has 0 aliphatic heterocycles. The van der Waals surface area contributed by atoms with Crippen LogP contribution in [0.25, 0.3) is 11.1 Å². The molecular weight excluding hydrogens is 299 g/mol. The lowest BCUT2D eigenvalue weighted by Gasteiger charge is -2.06. The van der Waals surface area contributed by atoms with E-state index in [2.05, 4.69) is 4.98 Å². The second-order valence-electron chi connectivity index (χ2n) is 3.99. The van der Waals surface area contributed by atoms with Crippen LogP contribution in [0, 0.1) is 6.54 Å². The van der Waals surface area contributed by atoms with Gasteiger partial charge in [-0.15, -0.1) is 0 Å². The molecule has 0 saturated carbocycles. The Hall–Kier alpha value is -2.60. The highest BCUT2D eigenvalue weighted by atomic mass is 35.5. The largest absolute Gasteiger partial charge is 0.505 e. The molecule has 7 heteroatoms. The van der Waals surface area contributed by atoms with Gasteiger partial charge in [0.1, 0.15) is 5.75 Å². The van der Waals surface area contributed by atoms with Crippen molar-refractivity contribution in [3.63, 3.8) is 0 Å². The van der Waals surface area contributed by atoms with Crippen LogP contribution in [-0.2, 0) is 4.79 Å². The van der Waals surface area contributed by atoms with E-state index in [0.717, 1.165) is 5.56 Å². The second kappa shape index (κ2) is 6.23. The van der Waals surface area contributed by atoms with Crippen LogP contribution >= 0.6 is 11.6 Å². The van der Waals surface area contributed by atoms with E-state index in [0.29, 0.717) is 10.6 Å². The van der Waals surface area contributed by atoms with Crippen LogP contribution < -0.4 is 5.32 Å². The number of nitrogens with one attached hydrogen (secondary N) is 1. The zero-order valence-electron chi connectivity index (χ0n) is 10.5. The number of carbonyl (C=O) groups excluding carboxylic acids is 1. The molecule has 1 amide bonds. The zero-order valence-corrected chi connectivity index (χ0v) is 11.3. The van der Waals surface area contributed by atoms with Crippen LogP contribution in [0.5, 0.6) is 5.75 Å². The average Bonchev–Trinajstić information content (AvgIpc) is 2.44. The van der Waals surface area contributed by atoms with Gasteiger partial charge < -0.3 is 15.5 Å². The summed E-state index contributed by atoms with van der Waals surface area (Å²) < 4.78 is 0. The Bertz CT molecular complexity index is 703. The Kier molecular flexibility index (Phi) is 4.39. The third-order valence-corrected chi connectivity index (χ3v) is 2.76. The molecule has 6 nitrogen and oxygen atoms in total. The Morgan fingerprint density at radius 2 is 2.00 bits per heavy atom. The van der Waals surface area contributed by atoms with Gasteiger partial charge >= 0.3 is 5.97 Å². The van der Waals surface area contributed by atoms with Crippen LogP contribution in [-0.4, -0.2) is 27.1 Å². The molecule has 106 valence electrons. The normalized spacial score (nSPS) is 10.1. The number of pyridine rings is 1. The van der Waals surface area contributed by atoms with Gasteiger partial charge in [0.2, 0.25) is 6.54 Å². The lowest BCUT2D eigenvalue weighted by Crippen LogP contribution is -2.25. The van der Waals surface area contributed by atoms with Crippen molar-refractivity contribution in [1.29, 1.82) is 0 Å². The molecule has 1 aromatic carbocycles. The summed E-state index contributed by atoms with van der Waals surface area (Å²) in [4.78, 5) is 25.7. The van der Waals surface area contributed by atoms with Gasteiger partial charge in [-0.3, -0.25) is 4.79 Å². The van der Waals surface area contributed by atoms with Gasteiger partial charge in [0.25, 0.3) is 5.91 Å². The van der Waals surface area contributed by atoms with Crippen LogP contribution in [0.4, 0.5) is 0 Å². The number of aromatic nitrogens is 1. The maximum atomic E-state index is 11.6. The van der Waals surface area contributed by atoms with Gasteiger partial charge in [-0.1, -0.05) is 23.7 Å². The van der Waals surface area contributed by atoms with Crippen LogP contribution in [0.15, 0.2) is 36.5 Å². The summed E-state index contributed by atoms with van der Waals surface area (Å²) in [6.45, 7) is 1.67. The number of carboxylic acids is 1. The van der Waals surface area contributed by atoms with E-state index >= 15 is 0 Å². The number of amides is 1. The molecule has 2 aromatic rings. The van der Waals surface area contributed by atoms with E-state index in [-0.39, 0.29) is 11.4 Å². The average molecular weight is 308 g/mol. The highest BCUT2D eigenvalue weighted by Crippen LogP contribution is 2.26. The van der Waals surface area contributed by atoms with Gasteiger partial charge in [-0.25, -0.2) is 9.78 Å². The summed E-state index contributed by atoms with van der Waals surface area (Å²) >= 11 is 5.88. The lowest BCUT2D eigenvalue weighted by atomic mass is 10.1. The number of hydrogen-bond donors (Lipinski definition) is 3. The predicted molar refractivity (Wildman–Crippen MR) is 74.7 cm³/mol. The number of carbonyl (C=O) groups is 2. The number of benzene rings is 1. The maximum Gasteiger partial charge on any atom is 0.335 e. The zero-order chi connectivity index (χ0) is 15.4. The van der Waals surface area contributed by atoms with E-state index < -0.39 is 11.9 Å². The second-order valence-corrected chi connectivity index (χ2v) is 4.42. The third kappa shape index (κ3) is 3.70. The van der Waals surface area contributed by atoms with Gasteiger partial charge in [-0.05, 0) is 23.8 Å². The van der Waals surface area contributed by atoms with Crippen molar-refractivity contribution in [1.82, 2.24) is 10.3 Å². The van der Waals surface area contributed by atoms with Crippen molar-refractivity contribution in [3.05, 3.63) is 53.8 Å². The fourth-order valence-electron chi connectivity index (χ4n) is 1.62. The smallest absolute Gasteiger partial charge is 0.335 e. The third-order valence-electron chi connectivity index (χ3n) is 2.52. The van der Waals surface area contributed by atoms with Crippen LogP contribution in [0.3, 0.4) is 0 Å². The number of nitrogens with zero attached hydrogens (tertiary/aromatic N) is 1. The van der Waals surface area contributed by atoms with Crippen molar-refractivity contribution < 1.29 is 19.8 Å². The van der Waals surface area contributed by atoms with Crippen LogP contribution in [0.1, 0.15) is 10.5 Å². The molecule has 3 N–H and O–H groups in total. The van der Waals surface area contributed by atoms with E-state index in [1.54, 1.807) is 30.8 Å². The topological polar surface area (TPSA) is 99.5 Å². The first kappa shape index (κ1) is 14.8. The summed E-state index contributed by atoms with van der Waals surface area (Å²) in [5, 5.41) is 20.6.